The van der Waals surface area contributed by atoms with E-state index in [1.165, 1.54) is 22.2 Å². The number of thiophene rings is 1. The molecule has 156 valence electrons. The van der Waals surface area contributed by atoms with Gasteiger partial charge in [0.05, 0.1) is 37.0 Å². The second-order valence-electron chi connectivity index (χ2n) is 6.86. The second kappa shape index (κ2) is 9.00. The summed E-state index contributed by atoms with van der Waals surface area (Å²) >= 11 is 1.41. The van der Waals surface area contributed by atoms with Gasteiger partial charge in [-0.1, -0.05) is 12.1 Å². The summed E-state index contributed by atoms with van der Waals surface area (Å²) in [5.41, 5.74) is 2.02. The van der Waals surface area contributed by atoms with Gasteiger partial charge in [0.25, 0.3) is 5.56 Å². The highest BCUT2D eigenvalue weighted by atomic mass is 32.1. The number of nitrogens with zero attached hydrogens (tertiary/aromatic N) is 3. The monoisotopic (exact) mass is 433 g/mol. The van der Waals surface area contributed by atoms with Gasteiger partial charge in [-0.2, -0.15) is 5.26 Å². The Morgan fingerprint density at radius 1 is 1.16 bits per heavy atom. The van der Waals surface area contributed by atoms with Gasteiger partial charge in [0.2, 0.25) is 0 Å². The lowest BCUT2D eigenvalue weighted by molar-refractivity contribution is 0.0915. The van der Waals surface area contributed by atoms with E-state index in [4.69, 9.17) is 14.7 Å². The van der Waals surface area contributed by atoms with E-state index in [0.717, 1.165) is 16.9 Å². The maximum atomic E-state index is 13.1. The van der Waals surface area contributed by atoms with Crippen molar-refractivity contribution in [2.45, 2.75) is 12.6 Å². The van der Waals surface area contributed by atoms with Crippen LogP contribution in [0.2, 0.25) is 0 Å². The van der Waals surface area contributed by atoms with Gasteiger partial charge in [-0.3, -0.25) is 9.36 Å². The van der Waals surface area contributed by atoms with Crippen LogP contribution in [0.4, 0.5) is 0 Å². The molecule has 0 aliphatic rings. The molecule has 2 heterocycles. The SMILES string of the molecule is COc1ccc(-c2csc3ncn(C[C@H](O)COc4ccc(C#N)cc4)c(=O)c23)cc1. The van der Waals surface area contributed by atoms with Crippen LogP contribution in [0, 0.1) is 11.3 Å². The Morgan fingerprint density at radius 2 is 1.87 bits per heavy atom. The van der Waals surface area contributed by atoms with E-state index in [0.29, 0.717) is 21.5 Å². The lowest BCUT2D eigenvalue weighted by Crippen LogP contribution is -2.30. The van der Waals surface area contributed by atoms with E-state index in [1.807, 2.05) is 35.7 Å². The highest BCUT2D eigenvalue weighted by Gasteiger charge is 2.15. The van der Waals surface area contributed by atoms with Crippen molar-refractivity contribution < 1.29 is 14.6 Å². The molecule has 4 rings (SSSR count). The number of rotatable bonds is 7. The number of ether oxygens (including phenoxy) is 2. The Balaban J connectivity index is 1.53. The Labute approximate surface area is 182 Å². The van der Waals surface area contributed by atoms with Gasteiger partial charge in [0.1, 0.15) is 29.0 Å². The molecule has 0 fully saturated rings. The fourth-order valence-electron chi connectivity index (χ4n) is 3.18. The molecule has 0 amide bonds. The first-order chi connectivity index (χ1) is 15.1. The maximum absolute atomic E-state index is 13.1. The summed E-state index contributed by atoms with van der Waals surface area (Å²) in [6.07, 6.45) is 0.542. The van der Waals surface area contributed by atoms with Gasteiger partial charge >= 0.3 is 0 Å². The second-order valence-corrected chi connectivity index (χ2v) is 7.72. The Bertz CT molecular complexity index is 1290. The van der Waals surface area contributed by atoms with Crippen LogP contribution in [0.1, 0.15) is 5.56 Å². The predicted octanol–water partition coefficient (Wildman–Crippen LogP) is 3.45. The minimum absolute atomic E-state index is 0.00531. The van der Waals surface area contributed by atoms with Gasteiger partial charge in [-0.15, -0.1) is 11.3 Å². The van der Waals surface area contributed by atoms with Gasteiger partial charge in [0, 0.05) is 10.9 Å². The number of aromatic nitrogens is 2. The molecule has 31 heavy (non-hydrogen) atoms. The fourth-order valence-corrected chi connectivity index (χ4v) is 4.09. The number of benzene rings is 2. The topological polar surface area (TPSA) is 97.4 Å². The number of hydrogen-bond acceptors (Lipinski definition) is 7. The third-order valence-electron chi connectivity index (χ3n) is 4.79. The quantitative estimate of drug-likeness (QED) is 0.479. The predicted molar refractivity (Wildman–Crippen MR) is 119 cm³/mol. The molecule has 2 aromatic carbocycles. The van der Waals surface area contributed by atoms with Crippen molar-refractivity contribution in [3.8, 4) is 28.7 Å². The number of nitriles is 1. The number of fused-ring (bicyclic) bond motifs is 1. The number of hydrogen-bond donors (Lipinski definition) is 1. The molecule has 0 unspecified atom stereocenters. The van der Waals surface area contributed by atoms with E-state index in [-0.39, 0.29) is 18.7 Å². The van der Waals surface area contributed by atoms with Gasteiger partial charge in [-0.25, -0.2) is 4.98 Å². The van der Waals surface area contributed by atoms with Crippen LogP contribution in [-0.4, -0.2) is 34.5 Å². The molecule has 0 bridgehead atoms. The maximum Gasteiger partial charge on any atom is 0.262 e. The van der Waals surface area contributed by atoms with E-state index in [2.05, 4.69) is 4.98 Å². The van der Waals surface area contributed by atoms with Crippen molar-refractivity contribution in [2.24, 2.45) is 0 Å². The van der Waals surface area contributed by atoms with E-state index < -0.39 is 6.10 Å². The Kier molecular flexibility index (Phi) is 5.98. The Morgan fingerprint density at radius 3 is 2.55 bits per heavy atom. The molecule has 0 spiro atoms. The molecule has 2 aromatic heterocycles. The molecule has 0 saturated carbocycles. The minimum atomic E-state index is -0.907. The largest absolute Gasteiger partial charge is 0.497 e. The van der Waals surface area contributed by atoms with Crippen molar-refractivity contribution in [3.05, 3.63) is 76.2 Å². The first kappa shape index (κ1) is 20.6. The van der Waals surface area contributed by atoms with Crippen LogP contribution in [0.3, 0.4) is 0 Å². The number of aliphatic hydroxyl groups is 1. The van der Waals surface area contributed by atoms with Crippen LogP contribution in [0.15, 0.2) is 65.0 Å². The fraction of sp³-hybridized carbons (Fsp3) is 0.174. The third kappa shape index (κ3) is 4.43. The summed E-state index contributed by atoms with van der Waals surface area (Å²) in [5.74, 6) is 1.28. The van der Waals surface area contributed by atoms with Gasteiger partial charge in [0.15, 0.2) is 0 Å². The Hall–Kier alpha value is -3.67. The number of methoxy groups -OCH3 is 1. The molecule has 1 atom stereocenters. The molecule has 0 radical (unpaired) electrons. The van der Waals surface area contributed by atoms with Crippen molar-refractivity contribution in [1.82, 2.24) is 9.55 Å². The van der Waals surface area contributed by atoms with Gasteiger partial charge in [-0.05, 0) is 42.0 Å². The van der Waals surface area contributed by atoms with Crippen LogP contribution >= 0.6 is 11.3 Å². The first-order valence-electron chi connectivity index (χ1n) is 9.51. The van der Waals surface area contributed by atoms with Crippen LogP contribution in [-0.2, 0) is 6.54 Å². The smallest absolute Gasteiger partial charge is 0.262 e. The van der Waals surface area contributed by atoms with Gasteiger partial charge < -0.3 is 14.6 Å². The summed E-state index contributed by atoms with van der Waals surface area (Å²) in [4.78, 5) is 18.1. The highest BCUT2D eigenvalue weighted by molar-refractivity contribution is 7.17. The van der Waals surface area contributed by atoms with E-state index >= 15 is 0 Å². The molecule has 0 aliphatic heterocycles. The lowest BCUT2D eigenvalue weighted by atomic mass is 10.1. The van der Waals surface area contributed by atoms with Crippen LogP contribution in [0.25, 0.3) is 21.3 Å². The molecule has 8 heteroatoms. The standard InChI is InChI=1S/C23H19N3O4S/c1-29-18-8-4-16(5-9-18)20-13-31-22-21(20)23(28)26(14-25-22)11-17(27)12-30-19-6-2-15(10-24)3-7-19/h2-9,13-14,17,27H,11-12H2,1H3/t17-/m0/s1. The van der Waals surface area contributed by atoms with Crippen LogP contribution < -0.4 is 15.0 Å². The summed E-state index contributed by atoms with van der Waals surface area (Å²) < 4.78 is 12.2. The third-order valence-corrected chi connectivity index (χ3v) is 5.68. The molecule has 0 aliphatic carbocycles. The van der Waals surface area contributed by atoms with Crippen molar-refractivity contribution in [1.29, 1.82) is 5.26 Å². The zero-order chi connectivity index (χ0) is 21.8. The molecular weight excluding hydrogens is 414 g/mol. The molecule has 0 saturated heterocycles. The van der Waals surface area contributed by atoms with Crippen molar-refractivity contribution in [3.63, 3.8) is 0 Å². The summed E-state index contributed by atoms with van der Waals surface area (Å²) in [7, 11) is 1.61. The minimum Gasteiger partial charge on any atom is -0.497 e. The molecular formula is C23H19N3O4S. The zero-order valence-corrected chi connectivity index (χ0v) is 17.5. The summed E-state index contributed by atoms with van der Waals surface area (Å²) in [5, 5.41) is 21.7. The zero-order valence-electron chi connectivity index (χ0n) is 16.7. The van der Waals surface area contributed by atoms with Crippen LogP contribution in [0.5, 0.6) is 11.5 Å². The molecule has 4 aromatic rings. The first-order valence-corrected chi connectivity index (χ1v) is 10.4. The highest BCUT2D eigenvalue weighted by Crippen LogP contribution is 2.31. The molecule has 7 nitrogen and oxygen atoms in total. The molecule has 1 N–H and O–H groups in total. The average Bonchev–Trinajstić information content (AvgIpc) is 3.25. The number of aliphatic hydroxyl groups excluding tert-OH is 1. The summed E-state index contributed by atoms with van der Waals surface area (Å²) in [6, 6.07) is 16.1. The van der Waals surface area contributed by atoms with E-state index in [1.54, 1.807) is 31.4 Å². The van der Waals surface area contributed by atoms with Crippen molar-refractivity contribution in [2.75, 3.05) is 13.7 Å². The summed E-state index contributed by atoms with van der Waals surface area (Å²) in [6.45, 7) is 0.0568. The van der Waals surface area contributed by atoms with Crippen molar-refractivity contribution >= 4 is 21.6 Å². The normalized spacial score (nSPS) is 11.8. The lowest BCUT2D eigenvalue weighted by Gasteiger charge is -2.14. The average molecular weight is 433 g/mol. The van der Waals surface area contributed by atoms with E-state index in [9.17, 15) is 9.90 Å².